The number of para-hydroxylation sites is 1. The summed E-state index contributed by atoms with van der Waals surface area (Å²) in [5.74, 6) is -0.186. The number of benzene rings is 1. The number of aromatic carboxylic acids is 1. The predicted octanol–water partition coefficient (Wildman–Crippen LogP) is 2.42. The van der Waals surface area contributed by atoms with Gasteiger partial charge in [0.25, 0.3) is 0 Å². The summed E-state index contributed by atoms with van der Waals surface area (Å²) in [6.45, 7) is 0.538. The molecule has 1 aromatic heterocycles. The fourth-order valence-corrected chi connectivity index (χ4v) is 2.05. The van der Waals surface area contributed by atoms with Crippen LogP contribution in [0.5, 0.6) is 5.75 Å². The third-order valence-corrected chi connectivity index (χ3v) is 3.04. The summed E-state index contributed by atoms with van der Waals surface area (Å²) in [4.78, 5) is 17.1. The molecule has 0 aliphatic heterocycles. The molecule has 0 unspecified atom stereocenters. The van der Waals surface area contributed by atoms with Gasteiger partial charge < -0.3 is 14.7 Å². The van der Waals surface area contributed by atoms with Gasteiger partial charge in [0.15, 0.2) is 0 Å². The largest absolute Gasteiger partial charge is 0.496 e. The van der Waals surface area contributed by atoms with Crippen molar-refractivity contribution >= 4 is 11.7 Å². The van der Waals surface area contributed by atoms with Crippen LogP contribution in [0.25, 0.3) is 0 Å². The van der Waals surface area contributed by atoms with Crippen molar-refractivity contribution in [3.05, 3.63) is 53.9 Å². The number of aromatic nitrogens is 1. The molecule has 0 amide bonds. The molecule has 1 heterocycles. The van der Waals surface area contributed by atoms with Gasteiger partial charge in [-0.15, -0.1) is 0 Å². The smallest absolute Gasteiger partial charge is 0.337 e. The number of carboxylic acid groups (broad SMARTS) is 1. The number of carbonyl (C=O) groups is 1. The molecule has 0 aliphatic rings. The highest BCUT2D eigenvalue weighted by Gasteiger charge is 2.14. The normalized spacial score (nSPS) is 10.1. The molecule has 0 spiro atoms. The van der Waals surface area contributed by atoms with Crippen LogP contribution >= 0.6 is 0 Å². The molecule has 0 fully saturated rings. The first-order valence-corrected chi connectivity index (χ1v) is 6.14. The third kappa shape index (κ3) is 2.88. The number of nitrogens with zero attached hydrogens (tertiary/aromatic N) is 2. The summed E-state index contributed by atoms with van der Waals surface area (Å²) in [5.41, 5.74) is 1.79. The van der Waals surface area contributed by atoms with Gasteiger partial charge in [-0.2, -0.15) is 0 Å². The Labute approximate surface area is 117 Å². The van der Waals surface area contributed by atoms with Gasteiger partial charge in [0.05, 0.1) is 24.6 Å². The number of carboxylic acids is 1. The van der Waals surface area contributed by atoms with Crippen LogP contribution in [0.3, 0.4) is 0 Å². The lowest BCUT2D eigenvalue weighted by Gasteiger charge is -2.21. The highest BCUT2D eigenvalue weighted by molar-refractivity contribution is 5.94. The van der Waals surface area contributed by atoms with Crippen molar-refractivity contribution in [1.29, 1.82) is 0 Å². The van der Waals surface area contributed by atoms with E-state index in [2.05, 4.69) is 4.98 Å². The van der Waals surface area contributed by atoms with Gasteiger partial charge >= 0.3 is 5.97 Å². The molecule has 0 radical (unpaired) electrons. The zero-order valence-corrected chi connectivity index (χ0v) is 11.4. The van der Waals surface area contributed by atoms with Crippen LogP contribution in [0.4, 0.5) is 5.69 Å². The first kappa shape index (κ1) is 13.9. The monoisotopic (exact) mass is 272 g/mol. The van der Waals surface area contributed by atoms with E-state index in [1.54, 1.807) is 13.3 Å². The van der Waals surface area contributed by atoms with Crippen molar-refractivity contribution in [3.8, 4) is 5.75 Å². The Balaban J connectivity index is 2.29. The molecule has 0 saturated carbocycles. The number of rotatable bonds is 5. The van der Waals surface area contributed by atoms with Crippen molar-refractivity contribution in [2.24, 2.45) is 0 Å². The Morgan fingerprint density at radius 1 is 1.35 bits per heavy atom. The molecule has 104 valence electrons. The maximum absolute atomic E-state index is 11.2. The molecule has 5 heteroatoms. The van der Waals surface area contributed by atoms with E-state index in [1.807, 2.05) is 36.2 Å². The summed E-state index contributed by atoms with van der Waals surface area (Å²) >= 11 is 0. The lowest BCUT2D eigenvalue weighted by molar-refractivity contribution is 0.0697. The van der Waals surface area contributed by atoms with E-state index in [9.17, 15) is 9.90 Å². The summed E-state index contributed by atoms with van der Waals surface area (Å²) < 4.78 is 5.30. The van der Waals surface area contributed by atoms with Crippen LogP contribution in [0.1, 0.15) is 15.9 Å². The molecule has 5 nitrogen and oxygen atoms in total. The lowest BCUT2D eigenvalue weighted by Crippen LogP contribution is -2.20. The average Bonchev–Trinajstić information content (AvgIpc) is 2.47. The molecule has 20 heavy (non-hydrogen) atoms. The standard InChI is InChI=1S/C15H16N2O3/c1-17(10-11-5-3-4-6-14(11)20-2)13-9-16-8-7-12(13)15(18)19/h3-9H,10H2,1-2H3,(H,18,19). The molecular weight excluding hydrogens is 256 g/mol. The van der Waals surface area contributed by atoms with Gasteiger partial charge in [0.2, 0.25) is 0 Å². The van der Waals surface area contributed by atoms with Crippen molar-refractivity contribution in [2.75, 3.05) is 19.1 Å². The summed E-state index contributed by atoms with van der Waals surface area (Å²) in [6, 6.07) is 9.15. The molecule has 1 N–H and O–H groups in total. The maximum Gasteiger partial charge on any atom is 0.337 e. The lowest BCUT2D eigenvalue weighted by atomic mass is 10.1. The van der Waals surface area contributed by atoms with Crippen molar-refractivity contribution in [1.82, 2.24) is 4.98 Å². The van der Waals surface area contributed by atoms with Gasteiger partial charge in [-0.3, -0.25) is 4.98 Å². The highest BCUT2D eigenvalue weighted by atomic mass is 16.5. The molecule has 0 aliphatic carbocycles. The van der Waals surface area contributed by atoms with Gasteiger partial charge in [-0.05, 0) is 12.1 Å². The quantitative estimate of drug-likeness (QED) is 0.905. The number of pyridine rings is 1. The Hall–Kier alpha value is -2.56. The van der Waals surface area contributed by atoms with Crippen molar-refractivity contribution < 1.29 is 14.6 Å². The minimum absolute atomic E-state index is 0.234. The highest BCUT2D eigenvalue weighted by Crippen LogP contribution is 2.24. The second-order valence-electron chi connectivity index (χ2n) is 4.37. The van der Waals surface area contributed by atoms with Crippen LogP contribution in [0.2, 0.25) is 0 Å². The molecule has 1 aromatic carbocycles. The van der Waals surface area contributed by atoms with E-state index in [-0.39, 0.29) is 5.56 Å². The van der Waals surface area contributed by atoms with E-state index in [0.29, 0.717) is 12.2 Å². The SMILES string of the molecule is COc1ccccc1CN(C)c1cnccc1C(=O)O. The Bertz CT molecular complexity index is 614. The van der Waals surface area contributed by atoms with Crippen LogP contribution in [-0.2, 0) is 6.54 Å². The molecular formula is C15H16N2O3. The van der Waals surface area contributed by atoms with Gasteiger partial charge in [0.1, 0.15) is 5.75 Å². The maximum atomic E-state index is 11.2. The van der Waals surface area contributed by atoms with Crippen molar-refractivity contribution in [2.45, 2.75) is 6.54 Å². The van der Waals surface area contributed by atoms with E-state index < -0.39 is 5.97 Å². The Morgan fingerprint density at radius 3 is 2.80 bits per heavy atom. The van der Waals surface area contributed by atoms with E-state index in [4.69, 9.17) is 4.74 Å². The molecule has 0 saturated heterocycles. The Morgan fingerprint density at radius 2 is 2.10 bits per heavy atom. The second kappa shape index (κ2) is 6.06. The minimum Gasteiger partial charge on any atom is -0.496 e. The number of ether oxygens (including phenoxy) is 1. The van der Waals surface area contributed by atoms with Crippen LogP contribution in [0, 0.1) is 0 Å². The fraction of sp³-hybridized carbons (Fsp3) is 0.200. The molecule has 0 atom stereocenters. The van der Waals surface area contributed by atoms with E-state index in [0.717, 1.165) is 11.3 Å². The van der Waals surface area contributed by atoms with Crippen LogP contribution < -0.4 is 9.64 Å². The molecule has 2 rings (SSSR count). The van der Waals surface area contributed by atoms with Gasteiger partial charge in [-0.1, -0.05) is 18.2 Å². The van der Waals surface area contributed by atoms with Crippen LogP contribution in [-0.4, -0.2) is 30.2 Å². The summed E-state index contributed by atoms with van der Waals surface area (Å²) in [5, 5.41) is 9.20. The Kier molecular flexibility index (Phi) is 4.20. The van der Waals surface area contributed by atoms with Crippen molar-refractivity contribution in [3.63, 3.8) is 0 Å². The predicted molar refractivity (Wildman–Crippen MR) is 76.3 cm³/mol. The molecule has 2 aromatic rings. The fourth-order valence-electron chi connectivity index (χ4n) is 2.05. The summed E-state index contributed by atoms with van der Waals surface area (Å²) in [7, 11) is 3.45. The second-order valence-corrected chi connectivity index (χ2v) is 4.37. The third-order valence-electron chi connectivity index (χ3n) is 3.04. The molecule has 0 bridgehead atoms. The number of anilines is 1. The first-order chi connectivity index (χ1) is 9.63. The van der Waals surface area contributed by atoms with E-state index in [1.165, 1.54) is 12.3 Å². The summed E-state index contributed by atoms with van der Waals surface area (Å²) in [6.07, 6.45) is 3.03. The average molecular weight is 272 g/mol. The van der Waals surface area contributed by atoms with Gasteiger partial charge in [-0.25, -0.2) is 4.79 Å². The minimum atomic E-state index is -0.964. The van der Waals surface area contributed by atoms with E-state index >= 15 is 0 Å². The zero-order chi connectivity index (χ0) is 14.5. The van der Waals surface area contributed by atoms with Crippen LogP contribution in [0.15, 0.2) is 42.7 Å². The first-order valence-electron chi connectivity index (χ1n) is 6.14. The van der Waals surface area contributed by atoms with Gasteiger partial charge in [0, 0.05) is 25.4 Å². The topological polar surface area (TPSA) is 62.7 Å². The number of methoxy groups -OCH3 is 1. The number of hydrogen-bond acceptors (Lipinski definition) is 4. The number of hydrogen-bond donors (Lipinski definition) is 1. The zero-order valence-electron chi connectivity index (χ0n) is 11.4.